The van der Waals surface area contributed by atoms with Crippen LogP contribution in [0.25, 0.3) is 0 Å². The van der Waals surface area contributed by atoms with Gasteiger partial charge in [-0.2, -0.15) is 8.78 Å². The van der Waals surface area contributed by atoms with Crippen LogP contribution in [0, 0.1) is 0 Å². The summed E-state index contributed by atoms with van der Waals surface area (Å²) in [4.78, 5) is 12.3. The Morgan fingerprint density at radius 1 is 1.08 bits per heavy atom. The molecular formula is C18H19F2NO3. The van der Waals surface area contributed by atoms with Crippen LogP contribution in [0.1, 0.15) is 35.7 Å². The zero-order valence-electron chi connectivity index (χ0n) is 13.7. The van der Waals surface area contributed by atoms with E-state index in [9.17, 15) is 13.6 Å². The molecular weight excluding hydrogens is 316 g/mol. The van der Waals surface area contributed by atoms with Crippen LogP contribution in [0.2, 0.25) is 0 Å². The van der Waals surface area contributed by atoms with E-state index < -0.39 is 6.61 Å². The van der Waals surface area contributed by atoms with Crippen molar-refractivity contribution in [2.24, 2.45) is 0 Å². The van der Waals surface area contributed by atoms with Gasteiger partial charge >= 0.3 is 6.61 Å². The lowest BCUT2D eigenvalue weighted by Gasteiger charge is -2.12. The van der Waals surface area contributed by atoms with Crippen molar-refractivity contribution in [1.82, 2.24) is 0 Å². The highest BCUT2D eigenvalue weighted by Crippen LogP contribution is 2.30. The van der Waals surface area contributed by atoms with Gasteiger partial charge in [0.25, 0.3) is 5.91 Å². The molecule has 0 aromatic heterocycles. The van der Waals surface area contributed by atoms with Gasteiger partial charge in [0.15, 0.2) is 11.5 Å². The zero-order chi connectivity index (χ0) is 17.7. The maximum atomic E-state index is 12.3. The first-order chi connectivity index (χ1) is 11.4. The number of ether oxygens (including phenoxy) is 2. The molecule has 0 aliphatic rings. The van der Waals surface area contributed by atoms with Crippen LogP contribution < -0.4 is 14.8 Å². The summed E-state index contributed by atoms with van der Waals surface area (Å²) in [6.07, 6.45) is 0. The highest BCUT2D eigenvalue weighted by Gasteiger charge is 2.14. The molecule has 0 bridgehead atoms. The molecule has 0 atom stereocenters. The van der Waals surface area contributed by atoms with E-state index in [0.717, 1.165) is 5.56 Å². The molecule has 2 aromatic carbocycles. The van der Waals surface area contributed by atoms with Gasteiger partial charge in [-0.1, -0.05) is 26.0 Å². The lowest BCUT2D eigenvalue weighted by molar-refractivity contribution is -0.0512. The Kier molecular flexibility index (Phi) is 5.73. The molecule has 0 saturated heterocycles. The topological polar surface area (TPSA) is 47.6 Å². The molecule has 0 heterocycles. The Morgan fingerprint density at radius 2 is 1.83 bits per heavy atom. The number of amides is 1. The summed E-state index contributed by atoms with van der Waals surface area (Å²) in [6.45, 7) is 1.17. The number of carbonyl (C=O) groups excluding carboxylic acids is 1. The van der Waals surface area contributed by atoms with Crippen molar-refractivity contribution in [3.63, 3.8) is 0 Å². The lowest BCUT2D eigenvalue weighted by atomic mass is 10.0. The average molecular weight is 335 g/mol. The molecule has 2 aromatic rings. The van der Waals surface area contributed by atoms with Gasteiger partial charge < -0.3 is 14.8 Å². The van der Waals surface area contributed by atoms with Gasteiger partial charge in [0.05, 0.1) is 7.11 Å². The van der Waals surface area contributed by atoms with Crippen molar-refractivity contribution in [2.45, 2.75) is 26.4 Å². The monoisotopic (exact) mass is 335 g/mol. The smallest absolute Gasteiger partial charge is 0.387 e. The van der Waals surface area contributed by atoms with E-state index in [1.165, 1.54) is 25.3 Å². The predicted octanol–water partition coefficient (Wildman–Crippen LogP) is 4.67. The Labute approximate surface area is 139 Å². The van der Waals surface area contributed by atoms with Crippen molar-refractivity contribution in [3.8, 4) is 11.5 Å². The zero-order valence-corrected chi connectivity index (χ0v) is 13.7. The van der Waals surface area contributed by atoms with Crippen LogP contribution in [0.4, 0.5) is 14.5 Å². The second-order valence-corrected chi connectivity index (χ2v) is 5.48. The van der Waals surface area contributed by atoms with Crippen LogP contribution in [0.15, 0.2) is 42.5 Å². The number of anilines is 1. The Bertz CT molecular complexity index is 717. The number of halogens is 2. The minimum absolute atomic E-state index is 0.0684. The maximum Gasteiger partial charge on any atom is 0.387 e. The van der Waals surface area contributed by atoms with Gasteiger partial charge in [0.1, 0.15) is 0 Å². The fraction of sp³-hybridized carbons (Fsp3) is 0.278. The molecule has 0 spiro atoms. The summed E-state index contributed by atoms with van der Waals surface area (Å²) < 4.78 is 34.0. The normalized spacial score (nSPS) is 10.8. The summed E-state index contributed by atoms with van der Waals surface area (Å²) >= 11 is 0. The van der Waals surface area contributed by atoms with Crippen LogP contribution in [-0.4, -0.2) is 19.6 Å². The number of methoxy groups -OCH3 is 1. The van der Waals surface area contributed by atoms with E-state index in [-0.39, 0.29) is 23.0 Å². The number of benzene rings is 2. The maximum absolute atomic E-state index is 12.3. The lowest BCUT2D eigenvalue weighted by Crippen LogP contribution is -2.12. The molecule has 128 valence electrons. The van der Waals surface area contributed by atoms with E-state index in [0.29, 0.717) is 11.6 Å². The highest BCUT2D eigenvalue weighted by atomic mass is 19.3. The van der Waals surface area contributed by atoms with Gasteiger partial charge in [0.2, 0.25) is 0 Å². The molecule has 1 amide bonds. The van der Waals surface area contributed by atoms with E-state index in [2.05, 4.69) is 23.9 Å². The molecule has 6 heteroatoms. The summed E-state index contributed by atoms with van der Waals surface area (Å²) in [5, 5.41) is 2.78. The Hall–Kier alpha value is -2.63. The summed E-state index contributed by atoms with van der Waals surface area (Å²) in [5.74, 6) is -0.0738. The Morgan fingerprint density at radius 3 is 2.46 bits per heavy atom. The molecule has 0 fully saturated rings. The van der Waals surface area contributed by atoms with Gasteiger partial charge in [-0.3, -0.25) is 4.79 Å². The SMILES string of the molecule is COc1cc(C(=O)Nc2cccc(C(C)C)c2)ccc1OC(F)F. The third kappa shape index (κ3) is 4.44. The van der Waals surface area contributed by atoms with Gasteiger partial charge in [-0.15, -0.1) is 0 Å². The first-order valence-corrected chi connectivity index (χ1v) is 7.45. The molecule has 24 heavy (non-hydrogen) atoms. The first kappa shape index (κ1) is 17.7. The number of rotatable bonds is 6. The molecule has 2 rings (SSSR count). The molecule has 0 aliphatic carbocycles. The van der Waals surface area contributed by atoms with Crippen LogP contribution in [-0.2, 0) is 0 Å². The summed E-state index contributed by atoms with van der Waals surface area (Å²) in [7, 11) is 1.32. The summed E-state index contributed by atoms with van der Waals surface area (Å²) in [6, 6.07) is 11.6. The number of alkyl halides is 2. The minimum atomic E-state index is -2.96. The molecule has 0 aliphatic heterocycles. The molecule has 0 radical (unpaired) electrons. The summed E-state index contributed by atoms with van der Waals surface area (Å²) in [5.41, 5.74) is 2.05. The van der Waals surface area contributed by atoms with Gasteiger partial charge in [0, 0.05) is 11.3 Å². The van der Waals surface area contributed by atoms with Gasteiger partial charge in [-0.05, 0) is 41.8 Å². The predicted molar refractivity (Wildman–Crippen MR) is 88.1 cm³/mol. The van der Waals surface area contributed by atoms with Crippen molar-refractivity contribution in [1.29, 1.82) is 0 Å². The second kappa shape index (κ2) is 7.77. The minimum Gasteiger partial charge on any atom is -0.493 e. The van der Waals surface area contributed by atoms with E-state index in [4.69, 9.17) is 4.74 Å². The molecule has 4 nitrogen and oxygen atoms in total. The largest absolute Gasteiger partial charge is 0.493 e. The molecule has 1 N–H and O–H groups in total. The number of hydrogen-bond acceptors (Lipinski definition) is 3. The highest BCUT2D eigenvalue weighted by molar-refractivity contribution is 6.04. The Balaban J connectivity index is 2.19. The van der Waals surface area contributed by atoms with Gasteiger partial charge in [-0.25, -0.2) is 0 Å². The van der Waals surface area contributed by atoms with E-state index in [1.54, 1.807) is 6.07 Å². The first-order valence-electron chi connectivity index (χ1n) is 7.45. The van der Waals surface area contributed by atoms with Crippen LogP contribution in [0.3, 0.4) is 0 Å². The van der Waals surface area contributed by atoms with Crippen molar-refractivity contribution >= 4 is 11.6 Å². The third-order valence-electron chi connectivity index (χ3n) is 3.45. The fourth-order valence-electron chi connectivity index (χ4n) is 2.18. The number of nitrogens with one attached hydrogen (secondary N) is 1. The quantitative estimate of drug-likeness (QED) is 0.834. The molecule has 0 saturated carbocycles. The molecule has 0 unspecified atom stereocenters. The number of hydrogen-bond donors (Lipinski definition) is 1. The van der Waals surface area contributed by atoms with E-state index >= 15 is 0 Å². The average Bonchev–Trinajstić information content (AvgIpc) is 2.54. The number of carbonyl (C=O) groups is 1. The fourth-order valence-corrected chi connectivity index (χ4v) is 2.18. The second-order valence-electron chi connectivity index (χ2n) is 5.48. The van der Waals surface area contributed by atoms with E-state index in [1.807, 2.05) is 18.2 Å². The van der Waals surface area contributed by atoms with Crippen LogP contribution in [0.5, 0.6) is 11.5 Å². The van der Waals surface area contributed by atoms with Crippen molar-refractivity contribution in [2.75, 3.05) is 12.4 Å². The third-order valence-corrected chi connectivity index (χ3v) is 3.45. The van der Waals surface area contributed by atoms with Crippen molar-refractivity contribution < 1.29 is 23.0 Å². The van der Waals surface area contributed by atoms with Crippen LogP contribution >= 0.6 is 0 Å². The van der Waals surface area contributed by atoms with Crippen molar-refractivity contribution in [3.05, 3.63) is 53.6 Å². The standard InChI is InChI=1S/C18H19F2NO3/c1-11(2)12-5-4-6-14(9-12)21-17(22)13-7-8-15(24-18(19)20)16(10-13)23-3/h4-11,18H,1-3H3,(H,21,22).